The van der Waals surface area contributed by atoms with Crippen molar-refractivity contribution in [1.29, 1.82) is 0 Å². The van der Waals surface area contributed by atoms with E-state index in [1.54, 1.807) is 0 Å². The number of hydrogen-bond acceptors (Lipinski definition) is 3. The second-order valence-corrected chi connectivity index (χ2v) is 9.97. The molecule has 1 atom stereocenters. The molecular weight excluding hydrogens is 415 g/mol. The largest absolute Gasteiger partial charge is 0.522 e. The van der Waals surface area contributed by atoms with E-state index in [0.29, 0.717) is 0 Å². The van der Waals surface area contributed by atoms with E-state index in [-0.39, 0.29) is 0 Å². The third-order valence-electron chi connectivity index (χ3n) is 5.69. The fourth-order valence-electron chi connectivity index (χ4n) is 3.91. The van der Waals surface area contributed by atoms with E-state index in [1.165, 1.54) is 116 Å². The number of nitrogens with zero attached hydrogens (tertiary/aromatic N) is 1. The first kappa shape index (κ1) is 29.7. The van der Waals surface area contributed by atoms with Crippen molar-refractivity contribution >= 4 is 10.1 Å². The fourth-order valence-corrected chi connectivity index (χ4v) is 3.91. The molecule has 1 rings (SSSR count). The standard InChI is InChI=1S/C21H43N.CHF3O3S/c1-3-5-7-8-9-10-11-12-13-14-18-22-19-15-17-21(20-22)16-6-4-2;2-1(3,4)8(5,6)7/h21H,3-20H2,1-2H3;(H,5,6,7). The summed E-state index contributed by atoms with van der Waals surface area (Å²) in [5.41, 5.74) is -5.53. The number of rotatable bonds is 14. The van der Waals surface area contributed by atoms with Crippen LogP contribution < -0.4 is 0 Å². The molecule has 1 aliphatic heterocycles. The van der Waals surface area contributed by atoms with Crippen LogP contribution >= 0.6 is 0 Å². The SMILES string of the molecule is CCCCCCCCCCCCN1CCCC(CCCC)C1.O=S(=O)(O)C(F)(F)F. The fraction of sp³-hybridized carbons (Fsp3) is 1.00. The Morgan fingerprint density at radius 2 is 1.33 bits per heavy atom. The molecule has 0 amide bonds. The summed E-state index contributed by atoms with van der Waals surface area (Å²) in [6.07, 6.45) is 21.8. The van der Waals surface area contributed by atoms with Gasteiger partial charge in [-0.2, -0.15) is 21.6 Å². The molecule has 1 aliphatic rings. The molecule has 1 saturated heterocycles. The lowest BCUT2D eigenvalue weighted by Crippen LogP contribution is -2.36. The maximum absolute atomic E-state index is 10.7. The van der Waals surface area contributed by atoms with Crippen LogP contribution in [0.4, 0.5) is 13.2 Å². The Labute approximate surface area is 182 Å². The quantitative estimate of drug-likeness (QED) is 0.169. The topological polar surface area (TPSA) is 57.6 Å². The summed E-state index contributed by atoms with van der Waals surface area (Å²) < 4.78 is 57.5. The summed E-state index contributed by atoms with van der Waals surface area (Å²) in [6, 6.07) is 0. The first-order valence-corrected chi connectivity index (χ1v) is 13.3. The minimum atomic E-state index is -5.84. The summed E-state index contributed by atoms with van der Waals surface area (Å²) in [6.45, 7) is 8.77. The van der Waals surface area contributed by atoms with E-state index in [4.69, 9.17) is 13.0 Å². The molecule has 1 unspecified atom stereocenters. The highest BCUT2D eigenvalue weighted by Gasteiger charge is 2.44. The third kappa shape index (κ3) is 16.4. The van der Waals surface area contributed by atoms with Gasteiger partial charge in [-0.05, 0) is 44.7 Å². The summed E-state index contributed by atoms with van der Waals surface area (Å²) >= 11 is 0. The average Bonchev–Trinajstić information content (AvgIpc) is 2.67. The van der Waals surface area contributed by atoms with Gasteiger partial charge in [0, 0.05) is 6.54 Å². The summed E-state index contributed by atoms with van der Waals surface area (Å²) in [7, 11) is -5.84. The molecule has 30 heavy (non-hydrogen) atoms. The van der Waals surface area contributed by atoms with Gasteiger partial charge in [-0.15, -0.1) is 0 Å². The minimum absolute atomic E-state index is 1.01. The molecule has 0 radical (unpaired) electrons. The highest BCUT2D eigenvalue weighted by atomic mass is 32.2. The lowest BCUT2D eigenvalue weighted by molar-refractivity contribution is -0.0510. The molecule has 0 spiro atoms. The monoisotopic (exact) mass is 459 g/mol. The van der Waals surface area contributed by atoms with Crippen LogP contribution in [0.5, 0.6) is 0 Å². The highest BCUT2D eigenvalue weighted by molar-refractivity contribution is 7.86. The zero-order valence-corrected chi connectivity index (χ0v) is 19.9. The smallest absolute Gasteiger partial charge is 0.303 e. The van der Waals surface area contributed by atoms with E-state index in [0.717, 1.165) is 5.92 Å². The van der Waals surface area contributed by atoms with Gasteiger partial charge in [0.25, 0.3) is 0 Å². The molecule has 0 bridgehead atoms. The van der Waals surface area contributed by atoms with Gasteiger partial charge in [0.1, 0.15) is 0 Å². The van der Waals surface area contributed by atoms with Gasteiger partial charge in [0.05, 0.1) is 0 Å². The van der Waals surface area contributed by atoms with Gasteiger partial charge >= 0.3 is 15.6 Å². The van der Waals surface area contributed by atoms with E-state index >= 15 is 0 Å². The third-order valence-corrected chi connectivity index (χ3v) is 6.27. The average molecular weight is 460 g/mol. The van der Waals surface area contributed by atoms with Gasteiger partial charge in [-0.1, -0.05) is 84.5 Å². The van der Waals surface area contributed by atoms with Crippen LogP contribution in [0.1, 0.15) is 110 Å². The molecule has 0 aromatic carbocycles. The maximum Gasteiger partial charge on any atom is 0.522 e. The van der Waals surface area contributed by atoms with E-state index < -0.39 is 15.6 Å². The van der Waals surface area contributed by atoms with Crippen LogP contribution in [0.2, 0.25) is 0 Å². The number of hydrogen-bond donors (Lipinski definition) is 1. The van der Waals surface area contributed by atoms with Gasteiger partial charge < -0.3 is 4.90 Å². The van der Waals surface area contributed by atoms with Crippen LogP contribution in [0.25, 0.3) is 0 Å². The van der Waals surface area contributed by atoms with E-state index in [1.807, 2.05) is 0 Å². The lowest BCUT2D eigenvalue weighted by atomic mass is 9.92. The van der Waals surface area contributed by atoms with Gasteiger partial charge in [0.15, 0.2) is 0 Å². The normalized spacial score (nSPS) is 18.1. The Morgan fingerprint density at radius 3 is 1.80 bits per heavy atom. The molecule has 0 aliphatic carbocycles. The number of alkyl halides is 3. The van der Waals surface area contributed by atoms with Crippen molar-refractivity contribution in [3.63, 3.8) is 0 Å². The van der Waals surface area contributed by atoms with Crippen molar-refractivity contribution in [3.8, 4) is 0 Å². The van der Waals surface area contributed by atoms with Crippen molar-refractivity contribution in [2.24, 2.45) is 5.92 Å². The molecular formula is C22H44F3NO3S. The molecule has 4 nitrogen and oxygen atoms in total. The Balaban J connectivity index is 0.000000890. The highest BCUT2D eigenvalue weighted by Crippen LogP contribution is 2.22. The van der Waals surface area contributed by atoms with Crippen LogP contribution in [-0.4, -0.2) is 43.0 Å². The number of halogens is 3. The molecule has 1 fully saturated rings. The molecule has 8 heteroatoms. The molecule has 1 heterocycles. The Bertz CT molecular complexity index is 498. The van der Waals surface area contributed by atoms with Gasteiger partial charge in [-0.3, -0.25) is 4.55 Å². The van der Waals surface area contributed by atoms with Crippen molar-refractivity contribution in [1.82, 2.24) is 4.90 Å². The predicted molar refractivity (Wildman–Crippen MR) is 118 cm³/mol. The van der Waals surface area contributed by atoms with Crippen molar-refractivity contribution in [3.05, 3.63) is 0 Å². The zero-order valence-electron chi connectivity index (χ0n) is 19.1. The number of piperidine rings is 1. The number of unbranched alkanes of at least 4 members (excludes halogenated alkanes) is 10. The Hall–Kier alpha value is -0.340. The van der Waals surface area contributed by atoms with Crippen molar-refractivity contribution < 1.29 is 26.1 Å². The van der Waals surface area contributed by atoms with Crippen LogP contribution in [0, 0.1) is 5.92 Å². The van der Waals surface area contributed by atoms with Crippen LogP contribution in [-0.2, 0) is 10.1 Å². The number of likely N-dealkylation sites (tertiary alicyclic amines) is 1. The van der Waals surface area contributed by atoms with E-state index in [9.17, 15) is 13.2 Å². The molecule has 0 aromatic rings. The molecule has 182 valence electrons. The second kappa shape index (κ2) is 17.2. The summed E-state index contributed by atoms with van der Waals surface area (Å²) in [5.74, 6) is 1.01. The molecule has 0 aromatic heterocycles. The van der Waals surface area contributed by atoms with Gasteiger partial charge in [0.2, 0.25) is 0 Å². The lowest BCUT2D eigenvalue weighted by Gasteiger charge is -2.32. The Morgan fingerprint density at radius 1 is 0.867 bits per heavy atom. The predicted octanol–water partition coefficient (Wildman–Crippen LogP) is 7.20. The first-order chi connectivity index (χ1) is 14.1. The second-order valence-electron chi connectivity index (χ2n) is 8.55. The molecule has 0 saturated carbocycles. The van der Waals surface area contributed by atoms with Crippen molar-refractivity contribution in [2.45, 2.75) is 116 Å². The van der Waals surface area contributed by atoms with E-state index in [2.05, 4.69) is 18.7 Å². The van der Waals surface area contributed by atoms with Crippen molar-refractivity contribution in [2.75, 3.05) is 19.6 Å². The maximum atomic E-state index is 10.7. The van der Waals surface area contributed by atoms with Crippen LogP contribution in [0.15, 0.2) is 0 Å². The molecule has 1 N–H and O–H groups in total. The first-order valence-electron chi connectivity index (χ1n) is 11.9. The summed E-state index contributed by atoms with van der Waals surface area (Å²) in [5, 5.41) is 0. The summed E-state index contributed by atoms with van der Waals surface area (Å²) in [4.78, 5) is 2.76. The van der Waals surface area contributed by atoms with Crippen LogP contribution in [0.3, 0.4) is 0 Å². The Kier molecular flexibility index (Phi) is 17.0. The van der Waals surface area contributed by atoms with Gasteiger partial charge in [-0.25, -0.2) is 0 Å². The minimum Gasteiger partial charge on any atom is -0.303 e. The zero-order chi connectivity index (χ0) is 22.9.